The second-order valence-electron chi connectivity index (χ2n) is 6.12. The summed E-state index contributed by atoms with van der Waals surface area (Å²) in [6.07, 6.45) is 1.08. The molecule has 1 aliphatic rings. The first kappa shape index (κ1) is 13.9. The Bertz CT molecular complexity index is 686. The van der Waals surface area contributed by atoms with Crippen LogP contribution in [0.2, 0.25) is 0 Å². The fraction of sp³-hybridized carbons (Fsp3) is 0.238. The van der Waals surface area contributed by atoms with Crippen LogP contribution in [0.25, 0.3) is 11.1 Å². The lowest BCUT2D eigenvalue weighted by Gasteiger charge is -2.16. The van der Waals surface area contributed by atoms with Gasteiger partial charge in [-0.1, -0.05) is 66.3 Å². The molecule has 0 atom stereocenters. The van der Waals surface area contributed by atoms with E-state index < -0.39 is 0 Å². The largest absolute Gasteiger partial charge is 0.0959 e. The van der Waals surface area contributed by atoms with Crippen LogP contribution in [0.5, 0.6) is 0 Å². The van der Waals surface area contributed by atoms with Crippen LogP contribution in [0, 0.1) is 0 Å². The van der Waals surface area contributed by atoms with E-state index in [0.29, 0.717) is 5.92 Å². The SMILES string of the molecule is C=C(C)/C(C)=C(\C)CC1c2ccccc2-c2ccccc21. The Kier molecular flexibility index (Phi) is 3.55. The Morgan fingerprint density at radius 1 is 0.857 bits per heavy atom. The molecule has 0 radical (unpaired) electrons. The number of allylic oxidation sites excluding steroid dienone is 3. The molecule has 0 aliphatic heterocycles. The average molecular weight is 274 g/mol. The van der Waals surface area contributed by atoms with E-state index in [9.17, 15) is 0 Å². The van der Waals surface area contributed by atoms with E-state index in [0.717, 1.165) is 6.42 Å². The molecule has 0 heterocycles. The summed E-state index contributed by atoms with van der Waals surface area (Å²) in [7, 11) is 0. The average Bonchev–Trinajstić information content (AvgIpc) is 2.81. The summed E-state index contributed by atoms with van der Waals surface area (Å²) >= 11 is 0. The van der Waals surface area contributed by atoms with Gasteiger partial charge < -0.3 is 0 Å². The van der Waals surface area contributed by atoms with Gasteiger partial charge in [0.15, 0.2) is 0 Å². The van der Waals surface area contributed by atoms with Crippen molar-refractivity contribution in [1.82, 2.24) is 0 Å². The third-order valence-corrected chi connectivity index (χ3v) is 4.75. The zero-order chi connectivity index (χ0) is 15.0. The summed E-state index contributed by atoms with van der Waals surface area (Å²) in [5.74, 6) is 0.478. The van der Waals surface area contributed by atoms with Gasteiger partial charge in [-0.2, -0.15) is 0 Å². The molecule has 0 N–H and O–H groups in total. The molecule has 2 aromatic carbocycles. The van der Waals surface area contributed by atoms with E-state index in [-0.39, 0.29) is 0 Å². The first-order valence-electron chi connectivity index (χ1n) is 7.60. The minimum absolute atomic E-state index is 0.478. The number of hydrogen-bond donors (Lipinski definition) is 0. The van der Waals surface area contributed by atoms with Crippen molar-refractivity contribution in [3.8, 4) is 11.1 Å². The van der Waals surface area contributed by atoms with Crippen molar-refractivity contribution >= 4 is 0 Å². The molecule has 0 unspecified atom stereocenters. The molecular weight excluding hydrogens is 252 g/mol. The molecule has 0 amide bonds. The van der Waals surface area contributed by atoms with Crippen molar-refractivity contribution in [3.05, 3.63) is 83.0 Å². The highest BCUT2D eigenvalue weighted by Gasteiger charge is 2.28. The van der Waals surface area contributed by atoms with Crippen LogP contribution in [0.4, 0.5) is 0 Å². The van der Waals surface area contributed by atoms with E-state index in [1.807, 2.05) is 0 Å². The summed E-state index contributed by atoms with van der Waals surface area (Å²) < 4.78 is 0. The van der Waals surface area contributed by atoms with Crippen molar-refractivity contribution < 1.29 is 0 Å². The summed E-state index contributed by atoms with van der Waals surface area (Å²) in [6, 6.07) is 17.6. The van der Waals surface area contributed by atoms with Gasteiger partial charge in [-0.25, -0.2) is 0 Å². The minimum atomic E-state index is 0.478. The van der Waals surface area contributed by atoms with Crippen LogP contribution in [-0.4, -0.2) is 0 Å². The third-order valence-electron chi connectivity index (χ3n) is 4.75. The van der Waals surface area contributed by atoms with Crippen molar-refractivity contribution in [1.29, 1.82) is 0 Å². The third kappa shape index (κ3) is 2.35. The lowest BCUT2D eigenvalue weighted by Crippen LogP contribution is -1.99. The fourth-order valence-corrected chi connectivity index (χ4v) is 3.30. The number of hydrogen-bond acceptors (Lipinski definition) is 0. The number of rotatable bonds is 3. The summed E-state index contributed by atoms with van der Waals surface area (Å²) in [4.78, 5) is 0. The molecule has 0 fully saturated rings. The van der Waals surface area contributed by atoms with Crippen LogP contribution in [0.15, 0.2) is 71.8 Å². The Hall–Kier alpha value is -2.08. The Morgan fingerprint density at radius 2 is 1.33 bits per heavy atom. The van der Waals surface area contributed by atoms with Gasteiger partial charge >= 0.3 is 0 Å². The van der Waals surface area contributed by atoms with Crippen LogP contribution in [0.3, 0.4) is 0 Å². The predicted octanol–water partition coefficient (Wildman–Crippen LogP) is 6.10. The molecular formula is C21H22. The van der Waals surface area contributed by atoms with Gasteiger partial charge in [0, 0.05) is 5.92 Å². The fourth-order valence-electron chi connectivity index (χ4n) is 3.30. The van der Waals surface area contributed by atoms with E-state index >= 15 is 0 Å². The molecule has 106 valence electrons. The van der Waals surface area contributed by atoms with Crippen molar-refractivity contribution in [2.24, 2.45) is 0 Å². The first-order valence-corrected chi connectivity index (χ1v) is 7.60. The second-order valence-corrected chi connectivity index (χ2v) is 6.12. The lowest BCUT2D eigenvalue weighted by molar-refractivity contribution is 0.808. The standard InChI is InChI=1S/C21H22/c1-14(2)16(4)15(3)13-21-19-11-7-5-9-17(19)18-10-6-8-12-20(18)21/h5-12,21H,1,13H2,2-4H3/b16-15+. The summed E-state index contributed by atoms with van der Waals surface area (Å²) in [5, 5.41) is 0. The molecule has 21 heavy (non-hydrogen) atoms. The van der Waals surface area contributed by atoms with Gasteiger partial charge in [-0.15, -0.1) is 0 Å². The van der Waals surface area contributed by atoms with Gasteiger partial charge in [0.1, 0.15) is 0 Å². The maximum absolute atomic E-state index is 4.08. The molecule has 0 spiro atoms. The lowest BCUT2D eigenvalue weighted by atomic mass is 9.88. The van der Waals surface area contributed by atoms with Crippen molar-refractivity contribution in [2.75, 3.05) is 0 Å². The predicted molar refractivity (Wildman–Crippen MR) is 91.5 cm³/mol. The molecule has 0 saturated heterocycles. The molecule has 0 saturated carbocycles. The zero-order valence-corrected chi connectivity index (χ0v) is 13.1. The Morgan fingerprint density at radius 3 is 1.81 bits per heavy atom. The van der Waals surface area contributed by atoms with Crippen molar-refractivity contribution in [3.63, 3.8) is 0 Å². The van der Waals surface area contributed by atoms with Crippen LogP contribution >= 0.6 is 0 Å². The molecule has 0 aromatic heterocycles. The maximum atomic E-state index is 4.08. The van der Waals surface area contributed by atoms with Crippen LogP contribution in [-0.2, 0) is 0 Å². The Balaban J connectivity index is 2.07. The summed E-state index contributed by atoms with van der Waals surface area (Å²) in [6.45, 7) is 10.6. The highest BCUT2D eigenvalue weighted by molar-refractivity contribution is 5.78. The van der Waals surface area contributed by atoms with Gasteiger partial charge in [0.25, 0.3) is 0 Å². The Labute approximate surface area is 127 Å². The van der Waals surface area contributed by atoms with E-state index in [2.05, 4.69) is 75.9 Å². The zero-order valence-electron chi connectivity index (χ0n) is 13.1. The van der Waals surface area contributed by atoms with Crippen molar-refractivity contribution in [2.45, 2.75) is 33.1 Å². The molecule has 2 aromatic rings. The molecule has 0 nitrogen and oxygen atoms in total. The molecule has 1 aliphatic carbocycles. The second kappa shape index (κ2) is 5.37. The minimum Gasteiger partial charge on any atom is -0.0959 e. The highest BCUT2D eigenvalue weighted by atomic mass is 14.3. The normalized spacial score (nSPS) is 14.4. The van der Waals surface area contributed by atoms with E-state index in [1.165, 1.54) is 39.0 Å². The maximum Gasteiger partial charge on any atom is 0.0139 e. The molecule has 0 heteroatoms. The summed E-state index contributed by atoms with van der Waals surface area (Å²) in [5.41, 5.74) is 9.70. The number of benzene rings is 2. The van der Waals surface area contributed by atoms with E-state index in [1.54, 1.807) is 0 Å². The van der Waals surface area contributed by atoms with Gasteiger partial charge in [0.05, 0.1) is 0 Å². The number of fused-ring (bicyclic) bond motifs is 3. The first-order chi connectivity index (χ1) is 10.1. The topological polar surface area (TPSA) is 0 Å². The van der Waals surface area contributed by atoms with E-state index in [4.69, 9.17) is 0 Å². The molecule has 3 rings (SSSR count). The quantitative estimate of drug-likeness (QED) is 0.593. The monoisotopic (exact) mass is 274 g/mol. The van der Waals surface area contributed by atoms with Crippen LogP contribution < -0.4 is 0 Å². The van der Waals surface area contributed by atoms with Gasteiger partial charge in [-0.05, 0) is 55.0 Å². The van der Waals surface area contributed by atoms with Crippen LogP contribution in [0.1, 0.15) is 44.2 Å². The van der Waals surface area contributed by atoms with Gasteiger partial charge in [-0.3, -0.25) is 0 Å². The smallest absolute Gasteiger partial charge is 0.0139 e. The highest BCUT2D eigenvalue weighted by Crippen LogP contribution is 2.47. The van der Waals surface area contributed by atoms with Gasteiger partial charge in [0.2, 0.25) is 0 Å². The molecule has 0 bridgehead atoms.